The first-order chi connectivity index (χ1) is 13.2. The van der Waals surface area contributed by atoms with Crippen LogP contribution in [-0.4, -0.2) is 30.0 Å². The van der Waals surface area contributed by atoms with Gasteiger partial charge in [0.25, 0.3) is 0 Å². The number of halogens is 1. The second-order valence-electron chi connectivity index (χ2n) is 6.14. The maximum atomic E-state index is 6.30. The summed E-state index contributed by atoms with van der Waals surface area (Å²) in [5, 5.41) is 22.1. The van der Waals surface area contributed by atoms with Gasteiger partial charge in [0.2, 0.25) is 10.8 Å². The van der Waals surface area contributed by atoms with E-state index in [4.69, 9.17) is 11.6 Å². The van der Waals surface area contributed by atoms with Crippen LogP contribution in [0.15, 0.2) is 54.6 Å². The number of nitrogens with one attached hydrogen (secondary N) is 1. The average molecular weight is 393 g/mol. The minimum absolute atomic E-state index is 0.616. The van der Waals surface area contributed by atoms with Crippen LogP contribution < -0.4 is 0 Å². The summed E-state index contributed by atoms with van der Waals surface area (Å²) in [6.45, 7) is 2.06. The Morgan fingerprint density at radius 3 is 2.67 bits per heavy atom. The van der Waals surface area contributed by atoms with E-state index in [-0.39, 0.29) is 0 Å². The average Bonchev–Trinajstić information content (AvgIpc) is 3.38. The highest BCUT2D eigenvalue weighted by atomic mass is 35.5. The quantitative estimate of drug-likeness (QED) is 0.475. The smallest absolute Gasteiger partial charge is 0.235 e. The lowest BCUT2D eigenvalue weighted by atomic mass is 10.1. The summed E-state index contributed by atoms with van der Waals surface area (Å²) in [6, 6.07) is 17.8. The number of H-pyrrole nitrogens is 1. The predicted molar refractivity (Wildman–Crippen MR) is 107 cm³/mol. The molecule has 0 atom stereocenters. The Labute approximate surface area is 163 Å². The molecule has 3 heterocycles. The summed E-state index contributed by atoms with van der Waals surface area (Å²) >= 11 is 7.74. The number of hydrogen-bond acceptors (Lipinski definition) is 5. The number of fused-ring (bicyclic) bond motifs is 1. The van der Waals surface area contributed by atoms with Crippen LogP contribution >= 0.6 is 22.9 Å². The SMILES string of the molecule is Cc1ccc(-c2cc(-c3nnc4sc(-c5ccccc5Cl)nn34)[nH]n2)cc1. The zero-order chi connectivity index (χ0) is 18.4. The third kappa shape index (κ3) is 2.81. The zero-order valence-electron chi connectivity index (χ0n) is 14.2. The van der Waals surface area contributed by atoms with Gasteiger partial charge in [-0.1, -0.05) is 71.0 Å². The molecule has 0 spiro atoms. The van der Waals surface area contributed by atoms with Gasteiger partial charge in [-0.3, -0.25) is 5.10 Å². The molecule has 5 aromatic rings. The molecule has 132 valence electrons. The lowest BCUT2D eigenvalue weighted by molar-refractivity contribution is 0.955. The number of nitrogens with zero attached hydrogens (tertiary/aromatic N) is 5. The molecule has 0 bridgehead atoms. The largest absolute Gasteiger partial charge is 0.274 e. The second kappa shape index (κ2) is 6.29. The van der Waals surface area contributed by atoms with E-state index in [1.807, 2.05) is 42.5 Å². The third-order valence-electron chi connectivity index (χ3n) is 4.26. The van der Waals surface area contributed by atoms with Gasteiger partial charge in [-0.25, -0.2) is 0 Å². The fraction of sp³-hybridized carbons (Fsp3) is 0.0526. The van der Waals surface area contributed by atoms with Gasteiger partial charge in [0, 0.05) is 11.1 Å². The molecule has 0 saturated heterocycles. The fourth-order valence-corrected chi connectivity index (χ4v) is 4.00. The highest BCUT2D eigenvalue weighted by Gasteiger charge is 2.17. The van der Waals surface area contributed by atoms with Crippen molar-refractivity contribution in [3.05, 3.63) is 65.2 Å². The van der Waals surface area contributed by atoms with Crippen molar-refractivity contribution in [1.82, 2.24) is 30.0 Å². The number of benzene rings is 2. The molecule has 0 fully saturated rings. The zero-order valence-corrected chi connectivity index (χ0v) is 15.8. The maximum Gasteiger partial charge on any atom is 0.235 e. The molecular weight excluding hydrogens is 380 g/mol. The van der Waals surface area contributed by atoms with Gasteiger partial charge in [-0.2, -0.15) is 14.7 Å². The number of hydrogen-bond donors (Lipinski definition) is 1. The van der Waals surface area contributed by atoms with Crippen LogP contribution in [0.25, 0.3) is 38.3 Å². The van der Waals surface area contributed by atoms with Crippen LogP contribution in [0.3, 0.4) is 0 Å². The van der Waals surface area contributed by atoms with Gasteiger partial charge in [-0.05, 0) is 19.1 Å². The molecule has 1 N–H and O–H groups in total. The topological polar surface area (TPSA) is 71.8 Å². The summed E-state index contributed by atoms with van der Waals surface area (Å²) in [7, 11) is 0. The van der Waals surface area contributed by atoms with E-state index in [0.29, 0.717) is 15.8 Å². The molecule has 0 unspecified atom stereocenters. The van der Waals surface area contributed by atoms with Crippen molar-refractivity contribution >= 4 is 27.9 Å². The van der Waals surface area contributed by atoms with E-state index < -0.39 is 0 Å². The number of aromatic amines is 1. The molecule has 5 rings (SSSR count). The van der Waals surface area contributed by atoms with Gasteiger partial charge in [-0.15, -0.1) is 10.2 Å². The Morgan fingerprint density at radius 2 is 1.85 bits per heavy atom. The van der Waals surface area contributed by atoms with Gasteiger partial charge in [0.15, 0.2) is 0 Å². The van der Waals surface area contributed by atoms with Gasteiger partial charge >= 0.3 is 0 Å². The summed E-state index contributed by atoms with van der Waals surface area (Å²) in [5.41, 5.74) is 4.74. The molecule has 0 aliphatic carbocycles. The molecule has 0 aliphatic heterocycles. The van der Waals surface area contributed by atoms with E-state index in [1.165, 1.54) is 16.9 Å². The summed E-state index contributed by atoms with van der Waals surface area (Å²) in [4.78, 5) is 0.700. The van der Waals surface area contributed by atoms with Crippen LogP contribution in [-0.2, 0) is 0 Å². The van der Waals surface area contributed by atoms with Gasteiger partial charge in [0.05, 0.1) is 10.7 Å². The fourth-order valence-electron chi connectivity index (χ4n) is 2.84. The van der Waals surface area contributed by atoms with E-state index >= 15 is 0 Å². The Bertz CT molecular complexity index is 1250. The molecule has 2 aromatic carbocycles. The Balaban J connectivity index is 1.56. The Kier molecular flexibility index (Phi) is 3.77. The van der Waals surface area contributed by atoms with Crippen molar-refractivity contribution in [3.63, 3.8) is 0 Å². The first-order valence-corrected chi connectivity index (χ1v) is 9.48. The predicted octanol–water partition coefficient (Wildman–Crippen LogP) is 4.87. The van der Waals surface area contributed by atoms with Crippen LogP contribution in [0.1, 0.15) is 5.56 Å². The van der Waals surface area contributed by atoms with Gasteiger partial charge < -0.3 is 0 Å². The normalized spacial score (nSPS) is 11.3. The van der Waals surface area contributed by atoms with E-state index in [0.717, 1.165) is 27.5 Å². The van der Waals surface area contributed by atoms with Crippen LogP contribution in [0.5, 0.6) is 0 Å². The van der Waals surface area contributed by atoms with Crippen molar-refractivity contribution in [2.24, 2.45) is 0 Å². The van der Waals surface area contributed by atoms with Crippen molar-refractivity contribution in [3.8, 4) is 33.3 Å². The summed E-state index contributed by atoms with van der Waals surface area (Å²) in [5.74, 6) is 0.616. The molecule has 0 amide bonds. The van der Waals surface area contributed by atoms with E-state index in [1.54, 1.807) is 4.52 Å². The molecule has 0 radical (unpaired) electrons. The van der Waals surface area contributed by atoms with Crippen LogP contribution in [0.2, 0.25) is 5.02 Å². The highest BCUT2D eigenvalue weighted by molar-refractivity contribution is 7.19. The molecular formula is C19H13ClN6S. The van der Waals surface area contributed by atoms with Crippen molar-refractivity contribution < 1.29 is 0 Å². The third-order valence-corrected chi connectivity index (χ3v) is 5.52. The van der Waals surface area contributed by atoms with Crippen molar-refractivity contribution in [2.75, 3.05) is 0 Å². The first-order valence-electron chi connectivity index (χ1n) is 8.29. The van der Waals surface area contributed by atoms with E-state index in [2.05, 4.69) is 44.5 Å². The lowest BCUT2D eigenvalue weighted by Gasteiger charge is -1.97. The molecule has 8 heteroatoms. The van der Waals surface area contributed by atoms with Crippen molar-refractivity contribution in [2.45, 2.75) is 6.92 Å². The summed E-state index contributed by atoms with van der Waals surface area (Å²) < 4.78 is 1.72. The minimum atomic E-state index is 0.616. The maximum absolute atomic E-state index is 6.30. The standard InChI is InChI=1S/C19H13ClN6S/c1-11-6-8-12(9-7-11)15-10-16(22-21-15)17-23-24-19-26(17)25-18(27-19)13-4-2-3-5-14(13)20/h2-10H,1H3,(H,21,22). The highest BCUT2D eigenvalue weighted by Crippen LogP contribution is 2.32. The number of aromatic nitrogens is 6. The Hall–Kier alpha value is -3.03. The molecule has 6 nitrogen and oxygen atoms in total. The number of aryl methyl sites for hydroxylation is 1. The lowest BCUT2D eigenvalue weighted by Crippen LogP contribution is -1.91. The molecule has 27 heavy (non-hydrogen) atoms. The Morgan fingerprint density at radius 1 is 1.04 bits per heavy atom. The molecule has 0 saturated carbocycles. The summed E-state index contributed by atoms with van der Waals surface area (Å²) in [6.07, 6.45) is 0. The van der Waals surface area contributed by atoms with Gasteiger partial charge in [0.1, 0.15) is 10.7 Å². The molecule has 0 aliphatic rings. The van der Waals surface area contributed by atoms with Crippen LogP contribution in [0.4, 0.5) is 0 Å². The minimum Gasteiger partial charge on any atom is -0.274 e. The number of rotatable bonds is 3. The van der Waals surface area contributed by atoms with E-state index in [9.17, 15) is 0 Å². The monoisotopic (exact) mass is 392 g/mol. The van der Waals surface area contributed by atoms with Crippen LogP contribution in [0, 0.1) is 6.92 Å². The van der Waals surface area contributed by atoms with Crippen molar-refractivity contribution in [1.29, 1.82) is 0 Å². The second-order valence-corrected chi connectivity index (χ2v) is 7.50. The molecule has 3 aromatic heterocycles. The first kappa shape index (κ1) is 16.2.